The Morgan fingerprint density at radius 2 is 1.64 bits per heavy atom. The predicted octanol–water partition coefficient (Wildman–Crippen LogP) is 2.68. The summed E-state index contributed by atoms with van der Waals surface area (Å²) in [4.78, 5) is 0.357. The van der Waals surface area contributed by atoms with Crippen LogP contribution in [0.15, 0.2) is 77.8 Å². The minimum Gasteiger partial charge on any atom is -0.311 e. The van der Waals surface area contributed by atoms with Crippen LogP contribution in [0.2, 0.25) is 0 Å². The number of fused-ring (bicyclic) bond motifs is 2. The van der Waals surface area contributed by atoms with Crippen molar-refractivity contribution < 1.29 is 8.42 Å². The zero-order valence-corrected chi connectivity index (χ0v) is 15.9. The summed E-state index contributed by atoms with van der Waals surface area (Å²) in [6.07, 6.45) is 1.56. The molecule has 1 aromatic heterocycles. The van der Waals surface area contributed by atoms with Gasteiger partial charge < -0.3 is 5.32 Å². The summed E-state index contributed by atoms with van der Waals surface area (Å²) in [5.41, 5.74) is 0.977. The van der Waals surface area contributed by atoms with Gasteiger partial charge in [-0.3, -0.25) is 5.32 Å². The number of hydrogen-bond donors (Lipinski definition) is 2. The van der Waals surface area contributed by atoms with Crippen molar-refractivity contribution in [1.82, 2.24) is 20.4 Å². The lowest BCUT2D eigenvalue weighted by atomic mass is 10.1. The van der Waals surface area contributed by atoms with Crippen LogP contribution in [0, 0.1) is 0 Å². The molecule has 3 aromatic carbocycles. The maximum atomic E-state index is 13.4. The quantitative estimate of drug-likeness (QED) is 0.561. The van der Waals surface area contributed by atoms with Crippen molar-refractivity contribution in [2.75, 3.05) is 13.1 Å². The van der Waals surface area contributed by atoms with Gasteiger partial charge in [0.25, 0.3) is 0 Å². The van der Waals surface area contributed by atoms with Gasteiger partial charge >= 0.3 is 0 Å². The minimum absolute atomic E-state index is 0.247. The standard InChI is InChI=1S/C21H20N4O2S/c26-28(27,19-11-5-8-15-6-1-3-9-17(15)19)21-14-22-13-20(24-21)25-18-10-4-2-7-16(18)12-23-25/h1-12,20-22,24H,13-14H2. The highest BCUT2D eigenvalue weighted by Gasteiger charge is 2.34. The summed E-state index contributed by atoms with van der Waals surface area (Å²) in [7, 11) is -3.58. The first-order valence-electron chi connectivity index (χ1n) is 9.25. The Bertz CT molecular complexity index is 1260. The average molecular weight is 392 g/mol. The topological polar surface area (TPSA) is 76.0 Å². The highest BCUT2D eigenvalue weighted by Crippen LogP contribution is 2.27. The Kier molecular flexibility index (Phi) is 4.16. The maximum Gasteiger partial charge on any atom is 0.196 e. The number of nitrogens with one attached hydrogen (secondary N) is 2. The van der Waals surface area contributed by atoms with E-state index in [1.807, 2.05) is 59.3 Å². The number of nitrogens with zero attached hydrogens (tertiary/aromatic N) is 2. The summed E-state index contributed by atoms with van der Waals surface area (Å²) in [6.45, 7) is 0.953. The van der Waals surface area contributed by atoms with Gasteiger partial charge in [0.05, 0.1) is 16.6 Å². The van der Waals surface area contributed by atoms with Gasteiger partial charge in [0, 0.05) is 23.9 Å². The van der Waals surface area contributed by atoms with Gasteiger partial charge in [-0.1, -0.05) is 54.6 Å². The zero-order chi connectivity index (χ0) is 19.1. The van der Waals surface area contributed by atoms with Crippen LogP contribution in [0.3, 0.4) is 0 Å². The molecule has 0 saturated carbocycles. The normalized spacial score (nSPS) is 20.6. The van der Waals surface area contributed by atoms with Crippen molar-refractivity contribution in [3.8, 4) is 0 Å². The Balaban J connectivity index is 1.52. The van der Waals surface area contributed by atoms with Gasteiger partial charge in [0.15, 0.2) is 9.84 Å². The molecule has 5 rings (SSSR count). The summed E-state index contributed by atoms with van der Waals surface area (Å²) < 4.78 is 28.7. The van der Waals surface area contributed by atoms with E-state index < -0.39 is 15.2 Å². The molecule has 28 heavy (non-hydrogen) atoms. The van der Waals surface area contributed by atoms with Gasteiger partial charge in [0.1, 0.15) is 11.5 Å². The molecule has 0 radical (unpaired) electrons. The van der Waals surface area contributed by atoms with E-state index in [0.29, 0.717) is 18.0 Å². The van der Waals surface area contributed by atoms with Crippen LogP contribution in [0.25, 0.3) is 21.7 Å². The molecule has 1 aliphatic heterocycles. The lowest BCUT2D eigenvalue weighted by Gasteiger charge is -2.32. The molecule has 4 aromatic rings. The molecule has 0 bridgehead atoms. The molecule has 142 valence electrons. The first kappa shape index (κ1) is 17.4. The number of sulfone groups is 1. The second-order valence-electron chi connectivity index (χ2n) is 7.00. The van der Waals surface area contributed by atoms with E-state index in [4.69, 9.17) is 0 Å². The third kappa shape index (κ3) is 2.79. The molecule has 0 amide bonds. The molecule has 2 unspecified atom stereocenters. The Morgan fingerprint density at radius 1 is 0.893 bits per heavy atom. The van der Waals surface area contributed by atoms with Crippen LogP contribution in [-0.2, 0) is 9.84 Å². The first-order chi connectivity index (χ1) is 13.6. The van der Waals surface area contributed by atoms with E-state index in [9.17, 15) is 8.42 Å². The predicted molar refractivity (Wildman–Crippen MR) is 110 cm³/mol. The largest absolute Gasteiger partial charge is 0.311 e. The van der Waals surface area contributed by atoms with Crippen LogP contribution >= 0.6 is 0 Å². The molecule has 7 heteroatoms. The molecule has 6 nitrogen and oxygen atoms in total. The highest BCUT2D eigenvalue weighted by molar-refractivity contribution is 7.92. The van der Waals surface area contributed by atoms with Gasteiger partial charge in [-0.15, -0.1) is 0 Å². The van der Waals surface area contributed by atoms with Gasteiger partial charge in [-0.05, 0) is 17.5 Å². The van der Waals surface area contributed by atoms with E-state index in [0.717, 1.165) is 21.7 Å². The van der Waals surface area contributed by atoms with Crippen LogP contribution in [-0.4, -0.2) is 36.7 Å². The van der Waals surface area contributed by atoms with Crippen LogP contribution in [0.5, 0.6) is 0 Å². The number of rotatable bonds is 3. The number of aromatic nitrogens is 2. The van der Waals surface area contributed by atoms with E-state index >= 15 is 0 Å². The second kappa shape index (κ2) is 6.70. The third-order valence-electron chi connectivity index (χ3n) is 5.28. The molecule has 0 spiro atoms. The SMILES string of the molecule is O=S(=O)(c1cccc2ccccc12)C1CNCC(n2ncc3ccccc32)N1. The van der Waals surface area contributed by atoms with Crippen molar-refractivity contribution >= 4 is 31.5 Å². The molecule has 2 heterocycles. The number of piperazine rings is 1. The molecule has 1 saturated heterocycles. The fourth-order valence-electron chi connectivity index (χ4n) is 3.88. The maximum absolute atomic E-state index is 13.4. The summed E-state index contributed by atoms with van der Waals surface area (Å²) in [5.74, 6) is 0. The van der Waals surface area contributed by atoms with Gasteiger partial charge in [-0.2, -0.15) is 5.10 Å². The Morgan fingerprint density at radius 3 is 2.54 bits per heavy atom. The van der Waals surface area contributed by atoms with E-state index in [2.05, 4.69) is 15.7 Å². The zero-order valence-electron chi connectivity index (χ0n) is 15.1. The number of para-hydroxylation sites is 1. The van der Waals surface area contributed by atoms with Crippen LogP contribution in [0.1, 0.15) is 6.17 Å². The molecule has 1 fully saturated rings. The Labute approximate surface area is 163 Å². The van der Waals surface area contributed by atoms with Crippen LogP contribution in [0.4, 0.5) is 0 Å². The second-order valence-corrected chi connectivity index (χ2v) is 9.10. The van der Waals surface area contributed by atoms with Crippen LogP contribution < -0.4 is 10.6 Å². The highest BCUT2D eigenvalue weighted by atomic mass is 32.2. The van der Waals surface area contributed by atoms with Crippen molar-refractivity contribution in [2.24, 2.45) is 0 Å². The first-order valence-corrected chi connectivity index (χ1v) is 10.8. The molecular formula is C21H20N4O2S. The molecule has 0 aliphatic carbocycles. The lowest BCUT2D eigenvalue weighted by Crippen LogP contribution is -2.55. The van der Waals surface area contributed by atoms with Crippen molar-refractivity contribution in [1.29, 1.82) is 0 Å². The summed E-state index contributed by atoms with van der Waals surface area (Å²) in [5, 5.41) is 13.0. The van der Waals surface area contributed by atoms with E-state index in [1.165, 1.54) is 0 Å². The molecule has 2 N–H and O–H groups in total. The fraction of sp³-hybridized carbons (Fsp3) is 0.190. The Hall–Kier alpha value is -2.74. The minimum atomic E-state index is -3.58. The van der Waals surface area contributed by atoms with E-state index in [1.54, 1.807) is 18.3 Å². The van der Waals surface area contributed by atoms with Crippen molar-refractivity contribution in [3.05, 3.63) is 72.9 Å². The van der Waals surface area contributed by atoms with Gasteiger partial charge in [-0.25, -0.2) is 13.1 Å². The van der Waals surface area contributed by atoms with Crippen molar-refractivity contribution in [2.45, 2.75) is 16.4 Å². The molecule has 2 atom stereocenters. The number of hydrogen-bond acceptors (Lipinski definition) is 5. The average Bonchev–Trinajstić information content (AvgIpc) is 3.17. The smallest absolute Gasteiger partial charge is 0.196 e. The summed E-state index contributed by atoms with van der Waals surface area (Å²) in [6, 6.07) is 20.9. The summed E-state index contributed by atoms with van der Waals surface area (Å²) >= 11 is 0. The monoisotopic (exact) mass is 392 g/mol. The van der Waals surface area contributed by atoms with E-state index in [-0.39, 0.29) is 6.17 Å². The molecular weight excluding hydrogens is 372 g/mol. The fourth-order valence-corrected chi connectivity index (χ4v) is 5.62. The van der Waals surface area contributed by atoms with Gasteiger partial charge in [0.2, 0.25) is 0 Å². The van der Waals surface area contributed by atoms with Crippen molar-refractivity contribution in [3.63, 3.8) is 0 Å². The third-order valence-corrected chi connectivity index (χ3v) is 7.30. The molecule has 1 aliphatic rings. The lowest BCUT2D eigenvalue weighted by molar-refractivity contribution is 0.301. The number of benzene rings is 3.